The summed E-state index contributed by atoms with van der Waals surface area (Å²) in [5, 5.41) is 0. The third-order valence-electron chi connectivity index (χ3n) is 4.31. The Balaban J connectivity index is 1.88. The van der Waals surface area contributed by atoms with Gasteiger partial charge in [-0.05, 0) is 42.5 Å². The van der Waals surface area contributed by atoms with Gasteiger partial charge in [-0.2, -0.15) is 0 Å². The van der Waals surface area contributed by atoms with E-state index in [0.29, 0.717) is 16.9 Å². The van der Waals surface area contributed by atoms with E-state index < -0.39 is 15.6 Å². The molecule has 7 heteroatoms. The van der Waals surface area contributed by atoms with Crippen LogP contribution < -0.4 is 10.3 Å². The van der Waals surface area contributed by atoms with E-state index in [4.69, 9.17) is 0 Å². The molecule has 29 heavy (non-hydrogen) atoms. The molecule has 0 amide bonds. The van der Waals surface area contributed by atoms with Gasteiger partial charge < -0.3 is 0 Å². The van der Waals surface area contributed by atoms with Crippen molar-refractivity contribution in [2.45, 2.75) is 4.90 Å². The average Bonchev–Trinajstić information content (AvgIpc) is 2.77. The Labute approximate surface area is 168 Å². The number of pyridine rings is 2. The quantitative estimate of drug-likeness (QED) is 0.551. The van der Waals surface area contributed by atoms with Crippen molar-refractivity contribution in [3.8, 4) is 16.9 Å². The summed E-state index contributed by atoms with van der Waals surface area (Å²) in [7, 11) is -3.92. The Bertz CT molecular complexity index is 1290. The lowest BCUT2D eigenvalue weighted by atomic mass is 10.1. The molecule has 0 bridgehead atoms. The smallest absolute Gasteiger partial charge is 0.279 e. The Kier molecular flexibility index (Phi) is 4.97. The van der Waals surface area contributed by atoms with Crippen LogP contribution in [-0.2, 0) is 10.0 Å². The molecule has 2 aromatic heterocycles. The van der Waals surface area contributed by atoms with Crippen LogP contribution in [0.25, 0.3) is 16.9 Å². The molecule has 2 heterocycles. The van der Waals surface area contributed by atoms with Crippen LogP contribution in [0.5, 0.6) is 0 Å². The Morgan fingerprint density at radius 2 is 1.48 bits per heavy atom. The number of para-hydroxylation sites is 1. The molecule has 0 saturated heterocycles. The minimum absolute atomic E-state index is 0.0548. The van der Waals surface area contributed by atoms with Crippen molar-refractivity contribution in [1.29, 1.82) is 0 Å². The van der Waals surface area contributed by atoms with Gasteiger partial charge in [-0.15, -0.1) is 0 Å². The lowest BCUT2D eigenvalue weighted by molar-refractivity contribution is 0.601. The summed E-state index contributed by atoms with van der Waals surface area (Å²) in [5.41, 5.74) is 1.32. The zero-order valence-corrected chi connectivity index (χ0v) is 16.1. The number of benzene rings is 2. The number of aromatic nitrogens is 2. The van der Waals surface area contributed by atoms with Gasteiger partial charge in [0.25, 0.3) is 15.6 Å². The third kappa shape index (κ3) is 3.95. The maximum absolute atomic E-state index is 13.1. The average molecular weight is 403 g/mol. The van der Waals surface area contributed by atoms with E-state index in [1.54, 1.807) is 54.9 Å². The first kappa shape index (κ1) is 18.6. The van der Waals surface area contributed by atoms with Crippen molar-refractivity contribution in [3.05, 3.63) is 108 Å². The number of anilines is 1. The van der Waals surface area contributed by atoms with Gasteiger partial charge in [0.2, 0.25) is 0 Å². The highest BCUT2D eigenvalue weighted by Crippen LogP contribution is 2.22. The lowest BCUT2D eigenvalue weighted by Crippen LogP contribution is -2.25. The fraction of sp³-hybridized carbons (Fsp3) is 0. The second-order valence-electron chi connectivity index (χ2n) is 6.29. The molecule has 4 aromatic rings. The van der Waals surface area contributed by atoms with Gasteiger partial charge in [0.05, 0.1) is 10.6 Å². The van der Waals surface area contributed by atoms with Crippen LogP contribution in [0.4, 0.5) is 5.69 Å². The zero-order valence-electron chi connectivity index (χ0n) is 15.3. The molecule has 0 spiro atoms. The predicted octanol–water partition coefficient (Wildman–Crippen LogP) is 3.70. The number of hydrogen-bond donors (Lipinski definition) is 1. The Morgan fingerprint density at radius 3 is 2.14 bits per heavy atom. The van der Waals surface area contributed by atoms with Crippen LogP contribution in [0.2, 0.25) is 0 Å². The minimum Gasteiger partial charge on any atom is -0.282 e. The van der Waals surface area contributed by atoms with E-state index >= 15 is 0 Å². The first-order valence-electron chi connectivity index (χ1n) is 8.86. The molecule has 0 aliphatic heterocycles. The predicted molar refractivity (Wildman–Crippen MR) is 113 cm³/mol. The van der Waals surface area contributed by atoms with Crippen molar-refractivity contribution < 1.29 is 8.42 Å². The summed E-state index contributed by atoms with van der Waals surface area (Å²) in [6.07, 6.45) is 3.29. The molecule has 0 radical (unpaired) electrons. The highest BCUT2D eigenvalue weighted by Gasteiger charge is 2.18. The van der Waals surface area contributed by atoms with Gasteiger partial charge >= 0.3 is 0 Å². The zero-order chi connectivity index (χ0) is 20.3. The summed E-state index contributed by atoms with van der Waals surface area (Å²) in [6.45, 7) is 0. The summed E-state index contributed by atoms with van der Waals surface area (Å²) in [6, 6.07) is 23.9. The summed E-state index contributed by atoms with van der Waals surface area (Å²) in [4.78, 5) is 17.5. The van der Waals surface area contributed by atoms with Gasteiger partial charge in [0.1, 0.15) is 5.69 Å². The van der Waals surface area contributed by atoms with E-state index in [2.05, 4.69) is 9.71 Å². The molecule has 1 N–H and O–H groups in total. The van der Waals surface area contributed by atoms with E-state index in [0.717, 1.165) is 0 Å². The molecule has 0 saturated carbocycles. The number of sulfonamides is 1. The van der Waals surface area contributed by atoms with Crippen LogP contribution in [0, 0.1) is 0 Å². The summed E-state index contributed by atoms with van der Waals surface area (Å²) in [5.74, 6) is 0. The SMILES string of the molecule is O=c1c(NS(=O)(=O)c2ccccc2)cc(-c2ccccn2)cn1-c1ccccc1. The Morgan fingerprint density at radius 1 is 0.828 bits per heavy atom. The number of rotatable bonds is 5. The van der Waals surface area contributed by atoms with Crippen LogP contribution in [0.15, 0.2) is 107 Å². The van der Waals surface area contributed by atoms with Crippen LogP contribution in [-0.4, -0.2) is 18.0 Å². The Hall–Kier alpha value is -3.71. The topological polar surface area (TPSA) is 81.1 Å². The third-order valence-corrected chi connectivity index (χ3v) is 5.69. The molecular weight excluding hydrogens is 386 g/mol. The molecule has 0 aliphatic carbocycles. The van der Waals surface area contributed by atoms with Gasteiger partial charge in [-0.3, -0.25) is 19.1 Å². The fourth-order valence-electron chi connectivity index (χ4n) is 2.91. The standard InChI is InChI=1S/C22H17N3O3S/c26-22-21(24-29(27,28)19-11-5-2-6-12-19)15-17(20-13-7-8-14-23-20)16-25(22)18-9-3-1-4-10-18/h1-16,24H. The second kappa shape index (κ2) is 7.73. The summed E-state index contributed by atoms with van der Waals surface area (Å²) >= 11 is 0. The highest BCUT2D eigenvalue weighted by atomic mass is 32.2. The van der Waals surface area contributed by atoms with Gasteiger partial charge in [0.15, 0.2) is 0 Å². The summed E-state index contributed by atoms with van der Waals surface area (Å²) < 4.78 is 29.4. The lowest BCUT2D eigenvalue weighted by Gasteiger charge is -2.13. The molecule has 0 fully saturated rings. The first-order chi connectivity index (χ1) is 14.0. The number of nitrogens with zero attached hydrogens (tertiary/aromatic N) is 2. The van der Waals surface area contributed by atoms with Crippen LogP contribution in [0.1, 0.15) is 0 Å². The largest absolute Gasteiger partial charge is 0.282 e. The number of hydrogen-bond acceptors (Lipinski definition) is 4. The first-order valence-corrected chi connectivity index (χ1v) is 10.3. The molecule has 4 rings (SSSR count). The van der Waals surface area contributed by atoms with E-state index in [1.165, 1.54) is 22.8 Å². The number of nitrogens with one attached hydrogen (secondary N) is 1. The van der Waals surface area contributed by atoms with Crippen molar-refractivity contribution in [1.82, 2.24) is 9.55 Å². The molecular formula is C22H17N3O3S. The van der Waals surface area contributed by atoms with Crippen molar-refractivity contribution in [2.75, 3.05) is 4.72 Å². The maximum Gasteiger partial charge on any atom is 0.279 e. The van der Waals surface area contributed by atoms with Gasteiger partial charge in [-0.1, -0.05) is 42.5 Å². The highest BCUT2D eigenvalue weighted by molar-refractivity contribution is 7.92. The van der Waals surface area contributed by atoms with E-state index in [9.17, 15) is 13.2 Å². The molecule has 0 atom stereocenters. The molecule has 144 valence electrons. The van der Waals surface area contributed by atoms with Crippen molar-refractivity contribution >= 4 is 15.7 Å². The normalized spacial score (nSPS) is 11.2. The van der Waals surface area contributed by atoms with Gasteiger partial charge in [0, 0.05) is 23.6 Å². The molecule has 6 nitrogen and oxygen atoms in total. The van der Waals surface area contributed by atoms with E-state index in [-0.39, 0.29) is 10.6 Å². The van der Waals surface area contributed by atoms with Crippen molar-refractivity contribution in [3.63, 3.8) is 0 Å². The monoisotopic (exact) mass is 403 g/mol. The van der Waals surface area contributed by atoms with E-state index in [1.807, 2.05) is 24.3 Å². The fourth-order valence-corrected chi connectivity index (χ4v) is 3.98. The van der Waals surface area contributed by atoms with Crippen LogP contribution >= 0.6 is 0 Å². The van der Waals surface area contributed by atoms with Crippen molar-refractivity contribution in [2.24, 2.45) is 0 Å². The maximum atomic E-state index is 13.1. The minimum atomic E-state index is -3.92. The van der Waals surface area contributed by atoms with Gasteiger partial charge in [-0.25, -0.2) is 8.42 Å². The molecule has 2 aromatic carbocycles. The molecule has 0 unspecified atom stereocenters. The van der Waals surface area contributed by atoms with Crippen LogP contribution in [0.3, 0.4) is 0 Å². The second-order valence-corrected chi connectivity index (χ2v) is 7.97. The molecule has 0 aliphatic rings.